The van der Waals surface area contributed by atoms with E-state index >= 15 is 0 Å². The van der Waals surface area contributed by atoms with Crippen molar-refractivity contribution < 1.29 is 4.79 Å². The molecular formula is C11H17N5OS. The number of nitrogens with zero attached hydrogens (tertiary/aromatic N) is 3. The molecule has 2 rings (SSSR count). The molecule has 18 heavy (non-hydrogen) atoms. The Morgan fingerprint density at radius 1 is 1.50 bits per heavy atom. The number of hydrazine groups is 1. The minimum atomic E-state index is -0.0641. The fourth-order valence-electron chi connectivity index (χ4n) is 1.88. The predicted molar refractivity (Wildman–Crippen MR) is 72.3 cm³/mol. The number of aromatic nitrogens is 2. The standard InChI is InChI=1S/C11H17N5OS/c1-7-8(2)18-4-3-16(7)11(17)9-5-14-10(15-12)6-13-9/h5-8H,3-4,12H2,1-2H3,(H,14,15). The van der Waals surface area contributed by atoms with Gasteiger partial charge in [-0.2, -0.15) is 11.8 Å². The van der Waals surface area contributed by atoms with E-state index in [9.17, 15) is 4.79 Å². The molecule has 7 heteroatoms. The minimum Gasteiger partial charge on any atom is -0.333 e. The first-order chi connectivity index (χ1) is 8.63. The first-order valence-electron chi connectivity index (χ1n) is 5.84. The molecule has 98 valence electrons. The molecule has 1 fully saturated rings. The average molecular weight is 267 g/mol. The van der Waals surface area contributed by atoms with E-state index in [-0.39, 0.29) is 11.9 Å². The van der Waals surface area contributed by atoms with E-state index in [1.807, 2.05) is 16.7 Å². The summed E-state index contributed by atoms with van der Waals surface area (Å²) in [7, 11) is 0. The molecule has 2 unspecified atom stereocenters. The molecule has 2 heterocycles. The van der Waals surface area contributed by atoms with Gasteiger partial charge in [-0.3, -0.25) is 4.79 Å². The number of nitrogen functional groups attached to an aromatic ring is 1. The number of hydrogen-bond donors (Lipinski definition) is 2. The molecule has 1 amide bonds. The minimum absolute atomic E-state index is 0.0641. The summed E-state index contributed by atoms with van der Waals surface area (Å²) in [6.07, 6.45) is 2.91. The molecule has 1 aliphatic rings. The van der Waals surface area contributed by atoms with Crippen LogP contribution in [0.1, 0.15) is 24.3 Å². The molecule has 1 aliphatic heterocycles. The Morgan fingerprint density at radius 2 is 2.28 bits per heavy atom. The van der Waals surface area contributed by atoms with Gasteiger partial charge in [-0.25, -0.2) is 15.8 Å². The molecule has 0 bridgehead atoms. The molecule has 1 aromatic rings. The molecule has 6 nitrogen and oxygen atoms in total. The molecule has 0 aromatic carbocycles. The van der Waals surface area contributed by atoms with Crippen LogP contribution in [0, 0.1) is 0 Å². The molecule has 0 aliphatic carbocycles. The quantitative estimate of drug-likeness (QED) is 0.607. The fourth-order valence-corrected chi connectivity index (χ4v) is 2.98. The van der Waals surface area contributed by atoms with E-state index in [0.717, 1.165) is 12.3 Å². The van der Waals surface area contributed by atoms with Gasteiger partial charge in [-0.1, -0.05) is 6.92 Å². The zero-order valence-electron chi connectivity index (χ0n) is 10.5. The van der Waals surface area contributed by atoms with E-state index in [1.165, 1.54) is 12.4 Å². The van der Waals surface area contributed by atoms with Crippen molar-refractivity contribution in [2.75, 3.05) is 17.7 Å². The van der Waals surface area contributed by atoms with Crippen molar-refractivity contribution in [2.45, 2.75) is 25.1 Å². The number of carbonyl (C=O) groups is 1. The number of nitrogens with two attached hydrogens (primary N) is 1. The van der Waals surface area contributed by atoms with Crippen LogP contribution in [0.2, 0.25) is 0 Å². The van der Waals surface area contributed by atoms with Crippen molar-refractivity contribution in [3.63, 3.8) is 0 Å². The van der Waals surface area contributed by atoms with Crippen LogP contribution in [0.5, 0.6) is 0 Å². The Balaban J connectivity index is 2.14. The number of rotatable bonds is 2. The van der Waals surface area contributed by atoms with Crippen LogP contribution < -0.4 is 11.3 Å². The van der Waals surface area contributed by atoms with Gasteiger partial charge in [-0.15, -0.1) is 0 Å². The van der Waals surface area contributed by atoms with E-state index in [4.69, 9.17) is 5.84 Å². The van der Waals surface area contributed by atoms with Crippen molar-refractivity contribution in [3.8, 4) is 0 Å². The highest BCUT2D eigenvalue weighted by atomic mass is 32.2. The van der Waals surface area contributed by atoms with Crippen LogP contribution >= 0.6 is 11.8 Å². The van der Waals surface area contributed by atoms with Crippen LogP contribution in [0.4, 0.5) is 5.82 Å². The smallest absolute Gasteiger partial charge is 0.274 e. The molecule has 1 aromatic heterocycles. The van der Waals surface area contributed by atoms with E-state index in [0.29, 0.717) is 16.8 Å². The fraction of sp³-hybridized carbons (Fsp3) is 0.545. The van der Waals surface area contributed by atoms with Gasteiger partial charge in [0.1, 0.15) is 5.69 Å². The van der Waals surface area contributed by atoms with E-state index in [2.05, 4.69) is 29.2 Å². The average Bonchev–Trinajstić information content (AvgIpc) is 2.41. The number of nitrogens with one attached hydrogen (secondary N) is 1. The summed E-state index contributed by atoms with van der Waals surface area (Å²) in [6.45, 7) is 4.97. The monoisotopic (exact) mass is 267 g/mol. The molecule has 3 N–H and O–H groups in total. The van der Waals surface area contributed by atoms with Gasteiger partial charge in [-0.05, 0) is 6.92 Å². The third-order valence-corrected chi connectivity index (χ3v) is 4.50. The molecule has 0 spiro atoms. The van der Waals surface area contributed by atoms with Gasteiger partial charge in [0.2, 0.25) is 0 Å². The summed E-state index contributed by atoms with van der Waals surface area (Å²) in [6, 6.07) is 0.213. The second-order valence-electron chi connectivity index (χ2n) is 4.25. The Hall–Kier alpha value is -1.34. The maximum absolute atomic E-state index is 12.3. The molecule has 1 saturated heterocycles. The lowest BCUT2D eigenvalue weighted by Crippen LogP contribution is -2.48. The number of anilines is 1. The van der Waals surface area contributed by atoms with Gasteiger partial charge in [0.05, 0.1) is 12.4 Å². The predicted octanol–water partition coefficient (Wildman–Crippen LogP) is 0.728. The summed E-state index contributed by atoms with van der Waals surface area (Å²) in [4.78, 5) is 22.3. The lowest BCUT2D eigenvalue weighted by atomic mass is 10.2. The SMILES string of the molecule is CC1SCCN(C(=O)c2cnc(NN)cn2)C1C. The van der Waals surface area contributed by atoms with Crippen LogP contribution in [0.25, 0.3) is 0 Å². The Bertz CT molecular complexity index is 424. The summed E-state index contributed by atoms with van der Waals surface area (Å²) in [5.41, 5.74) is 2.75. The van der Waals surface area contributed by atoms with Crippen molar-refractivity contribution in [3.05, 3.63) is 18.1 Å². The molecule has 0 saturated carbocycles. The highest BCUT2D eigenvalue weighted by Gasteiger charge is 2.30. The second-order valence-corrected chi connectivity index (χ2v) is 5.73. The van der Waals surface area contributed by atoms with Crippen LogP contribution in [0.15, 0.2) is 12.4 Å². The number of thioether (sulfide) groups is 1. The summed E-state index contributed by atoms with van der Waals surface area (Å²) >= 11 is 1.89. The molecule has 0 radical (unpaired) electrons. The van der Waals surface area contributed by atoms with E-state index in [1.54, 1.807) is 0 Å². The Labute approximate surface area is 110 Å². The lowest BCUT2D eigenvalue weighted by molar-refractivity contribution is 0.0691. The second kappa shape index (κ2) is 5.53. The summed E-state index contributed by atoms with van der Waals surface area (Å²) < 4.78 is 0. The van der Waals surface area contributed by atoms with Gasteiger partial charge in [0, 0.05) is 23.6 Å². The zero-order chi connectivity index (χ0) is 13.1. The number of carbonyl (C=O) groups excluding carboxylic acids is 1. The van der Waals surface area contributed by atoms with Gasteiger partial charge in [0.15, 0.2) is 5.82 Å². The third-order valence-electron chi connectivity index (χ3n) is 3.16. The first-order valence-corrected chi connectivity index (χ1v) is 6.89. The highest BCUT2D eigenvalue weighted by Crippen LogP contribution is 2.25. The number of hydrogen-bond acceptors (Lipinski definition) is 6. The summed E-state index contributed by atoms with van der Waals surface area (Å²) in [5.74, 6) is 6.56. The first kappa shape index (κ1) is 13.1. The maximum Gasteiger partial charge on any atom is 0.274 e. The molecule has 2 atom stereocenters. The Morgan fingerprint density at radius 3 is 2.89 bits per heavy atom. The largest absolute Gasteiger partial charge is 0.333 e. The van der Waals surface area contributed by atoms with Crippen LogP contribution in [0.3, 0.4) is 0 Å². The van der Waals surface area contributed by atoms with E-state index < -0.39 is 0 Å². The Kier molecular flexibility index (Phi) is 4.03. The van der Waals surface area contributed by atoms with Gasteiger partial charge < -0.3 is 10.3 Å². The molecular weight excluding hydrogens is 250 g/mol. The van der Waals surface area contributed by atoms with Crippen molar-refractivity contribution in [1.29, 1.82) is 0 Å². The lowest BCUT2D eigenvalue weighted by Gasteiger charge is -2.37. The van der Waals surface area contributed by atoms with Crippen LogP contribution in [-0.4, -0.2) is 44.4 Å². The normalized spacial score (nSPS) is 23.8. The zero-order valence-corrected chi connectivity index (χ0v) is 11.3. The highest BCUT2D eigenvalue weighted by molar-refractivity contribution is 8.00. The third kappa shape index (κ3) is 2.56. The topological polar surface area (TPSA) is 84.1 Å². The van der Waals surface area contributed by atoms with Crippen molar-refractivity contribution in [1.82, 2.24) is 14.9 Å². The van der Waals surface area contributed by atoms with Crippen molar-refractivity contribution in [2.24, 2.45) is 5.84 Å². The van der Waals surface area contributed by atoms with Crippen LogP contribution in [-0.2, 0) is 0 Å². The van der Waals surface area contributed by atoms with Gasteiger partial charge >= 0.3 is 0 Å². The number of amides is 1. The maximum atomic E-state index is 12.3. The van der Waals surface area contributed by atoms with Gasteiger partial charge in [0.25, 0.3) is 5.91 Å². The summed E-state index contributed by atoms with van der Waals surface area (Å²) in [5, 5.41) is 0.445. The van der Waals surface area contributed by atoms with Crippen molar-refractivity contribution >= 4 is 23.5 Å².